The molecule has 2 aliphatic rings. The molecule has 0 radical (unpaired) electrons. The highest BCUT2D eigenvalue weighted by Gasteiger charge is 2.48. The highest BCUT2D eigenvalue weighted by atomic mass is 32.2. The number of anilines is 1. The normalized spacial score (nSPS) is 27.2. The van der Waals surface area contributed by atoms with E-state index in [1.54, 1.807) is 0 Å². The van der Waals surface area contributed by atoms with Crippen LogP contribution in [-0.2, 0) is 9.84 Å². The summed E-state index contributed by atoms with van der Waals surface area (Å²) in [5, 5.41) is 2.40. The van der Waals surface area contributed by atoms with E-state index in [1.165, 1.54) is 17.1 Å². The van der Waals surface area contributed by atoms with Crippen LogP contribution >= 0.6 is 24.0 Å². The minimum absolute atomic E-state index is 0.0198. The molecule has 0 N–H and O–H groups in total. The summed E-state index contributed by atoms with van der Waals surface area (Å²) < 4.78 is 24.5. The summed E-state index contributed by atoms with van der Waals surface area (Å²) in [6, 6.07) is 14.3. The molecule has 2 aromatic rings. The van der Waals surface area contributed by atoms with Crippen molar-refractivity contribution in [2.75, 3.05) is 16.4 Å². The molecule has 0 unspecified atom stereocenters. The van der Waals surface area contributed by atoms with Gasteiger partial charge in [-0.1, -0.05) is 54.3 Å². The molecule has 0 spiro atoms. The first-order chi connectivity index (χ1) is 10.0. The summed E-state index contributed by atoms with van der Waals surface area (Å²) in [6.07, 6.45) is 0. The number of thioether (sulfide) groups is 1. The fourth-order valence-electron chi connectivity index (χ4n) is 3.10. The number of hydrogen-bond donors (Lipinski definition) is 0. The molecule has 6 heteroatoms. The van der Waals surface area contributed by atoms with Gasteiger partial charge in [-0.2, -0.15) is 0 Å². The average molecular weight is 335 g/mol. The third-order valence-electron chi connectivity index (χ3n) is 4.06. The van der Waals surface area contributed by atoms with E-state index in [9.17, 15) is 8.42 Å². The predicted molar refractivity (Wildman–Crippen MR) is 92.8 cm³/mol. The second kappa shape index (κ2) is 4.69. The Morgan fingerprint density at radius 1 is 1.10 bits per heavy atom. The molecule has 2 aliphatic heterocycles. The summed E-state index contributed by atoms with van der Waals surface area (Å²) in [6.45, 7) is 0. The van der Waals surface area contributed by atoms with Crippen LogP contribution in [-0.4, -0.2) is 35.5 Å². The summed E-state index contributed by atoms with van der Waals surface area (Å²) in [5.41, 5.74) is 0.996. The Bertz CT molecular complexity index is 847. The van der Waals surface area contributed by atoms with Crippen LogP contribution in [0.3, 0.4) is 0 Å². The minimum Gasteiger partial charge on any atom is -0.322 e. The fraction of sp³-hybridized carbons (Fsp3) is 0.267. The van der Waals surface area contributed by atoms with Gasteiger partial charge in [0.25, 0.3) is 0 Å². The lowest BCUT2D eigenvalue weighted by molar-refractivity contribution is 0.601. The van der Waals surface area contributed by atoms with Crippen LogP contribution in [0.5, 0.6) is 0 Å². The largest absolute Gasteiger partial charge is 0.322 e. The molecule has 2 saturated heterocycles. The van der Waals surface area contributed by atoms with Crippen LogP contribution in [0.2, 0.25) is 0 Å². The van der Waals surface area contributed by atoms with Crippen molar-refractivity contribution in [3.63, 3.8) is 0 Å². The van der Waals surface area contributed by atoms with Crippen molar-refractivity contribution in [2.24, 2.45) is 0 Å². The fourth-order valence-corrected chi connectivity index (χ4v) is 7.47. The van der Waals surface area contributed by atoms with Gasteiger partial charge in [-0.15, -0.1) is 0 Å². The van der Waals surface area contributed by atoms with Crippen molar-refractivity contribution in [1.82, 2.24) is 0 Å². The van der Waals surface area contributed by atoms with E-state index in [2.05, 4.69) is 24.3 Å². The van der Waals surface area contributed by atoms with E-state index in [1.807, 2.05) is 23.1 Å². The van der Waals surface area contributed by atoms with Gasteiger partial charge in [0.15, 0.2) is 9.84 Å². The van der Waals surface area contributed by atoms with Gasteiger partial charge in [-0.05, 0) is 22.9 Å². The topological polar surface area (TPSA) is 37.4 Å². The first-order valence-electron chi connectivity index (χ1n) is 6.73. The van der Waals surface area contributed by atoms with Gasteiger partial charge in [0.05, 0.1) is 17.5 Å². The zero-order chi connectivity index (χ0) is 14.6. The minimum atomic E-state index is -2.93. The van der Waals surface area contributed by atoms with Crippen LogP contribution in [0.15, 0.2) is 42.5 Å². The number of nitrogens with zero attached hydrogens (tertiary/aromatic N) is 1. The molecule has 4 rings (SSSR count). The van der Waals surface area contributed by atoms with E-state index in [0.29, 0.717) is 0 Å². The van der Waals surface area contributed by atoms with Crippen LogP contribution in [0, 0.1) is 0 Å². The Morgan fingerprint density at radius 3 is 2.67 bits per heavy atom. The van der Waals surface area contributed by atoms with E-state index >= 15 is 0 Å². The van der Waals surface area contributed by atoms with Gasteiger partial charge in [0, 0.05) is 10.9 Å². The monoisotopic (exact) mass is 335 g/mol. The predicted octanol–water partition coefficient (Wildman–Crippen LogP) is 2.84. The number of thiocarbonyl (C=S) groups is 1. The molecular formula is C15H13NO2S3. The molecule has 0 saturated carbocycles. The van der Waals surface area contributed by atoms with Gasteiger partial charge >= 0.3 is 0 Å². The Balaban J connectivity index is 1.78. The molecule has 2 fully saturated rings. The molecule has 2 heterocycles. The molecular weight excluding hydrogens is 322 g/mol. The Morgan fingerprint density at radius 2 is 1.86 bits per heavy atom. The van der Waals surface area contributed by atoms with Crippen molar-refractivity contribution in [1.29, 1.82) is 0 Å². The highest BCUT2D eigenvalue weighted by molar-refractivity contribution is 8.24. The van der Waals surface area contributed by atoms with Crippen molar-refractivity contribution in [3.05, 3.63) is 42.5 Å². The average Bonchev–Trinajstić information content (AvgIpc) is 2.88. The Hall–Kier alpha value is -1.11. The van der Waals surface area contributed by atoms with Gasteiger partial charge in [0.2, 0.25) is 0 Å². The van der Waals surface area contributed by atoms with Gasteiger partial charge in [-0.3, -0.25) is 0 Å². The molecule has 21 heavy (non-hydrogen) atoms. The van der Waals surface area contributed by atoms with Crippen LogP contribution in [0.1, 0.15) is 0 Å². The molecule has 108 valence electrons. The van der Waals surface area contributed by atoms with E-state index < -0.39 is 9.84 Å². The van der Waals surface area contributed by atoms with Crippen molar-refractivity contribution >= 4 is 54.6 Å². The number of rotatable bonds is 1. The van der Waals surface area contributed by atoms with Crippen LogP contribution in [0.4, 0.5) is 5.69 Å². The van der Waals surface area contributed by atoms with Crippen molar-refractivity contribution in [2.45, 2.75) is 11.3 Å². The second-order valence-electron chi connectivity index (χ2n) is 5.47. The molecule has 2 atom stereocenters. The van der Waals surface area contributed by atoms with E-state index in [0.717, 1.165) is 15.4 Å². The second-order valence-corrected chi connectivity index (χ2v) is 9.49. The third-order valence-corrected chi connectivity index (χ3v) is 7.66. The summed E-state index contributed by atoms with van der Waals surface area (Å²) in [5.74, 6) is 0.449. The lowest BCUT2D eigenvalue weighted by atomic mass is 10.1. The number of fused-ring (bicyclic) bond motifs is 2. The molecule has 0 aromatic heterocycles. The third kappa shape index (κ3) is 2.25. The highest BCUT2D eigenvalue weighted by Crippen LogP contribution is 2.41. The summed E-state index contributed by atoms with van der Waals surface area (Å²) in [7, 11) is -2.93. The van der Waals surface area contributed by atoms with Gasteiger partial charge in [-0.25, -0.2) is 8.42 Å². The number of benzene rings is 2. The lowest BCUT2D eigenvalue weighted by Crippen LogP contribution is -2.36. The number of sulfone groups is 1. The molecule has 2 aromatic carbocycles. The maximum Gasteiger partial charge on any atom is 0.153 e. The van der Waals surface area contributed by atoms with E-state index in [4.69, 9.17) is 12.2 Å². The van der Waals surface area contributed by atoms with Gasteiger partial charge < -0.3 is 4.90 Å². The summed E-state index contributed by atoms with van der Waals surface area (Å²) in [4.78, 5) is 2.03. The van der Waals surface area contributed by atoms with Crippen molar-refractivity contribution in [3.8, 4) is 0 Å². The molecule has 3 nitrogen and oxygen atoms in total. The van der Waals surface area contributed by atoms with Crippen LogP contribution in [0.25, 0.3) is 10.8 Å². The molecule has 0 bridgehead atoms. The lowest BCUT2D eigenvalue weighted by Gasteiger charge is -2.24. The maximum absolute atomic E-state index is 11.9. The maximum atomic E-state index is 11.9. The quantitative estimate of drug-likeness (QED) is 0.749. The van der Waals surface area contributed by atoms with Crippen LogP contribution < -0.4 is 4.90 Å². The first-order valence-corrected chi connectivity index (χ1v) is 9.83. The van der Waals surface area contributed by atoms with Gasteiger partial charge in [0.1, 0.15) is 4.32 Å². The van der Waals surface area contributed by atoms with E-state index in [-0.39, 0.29) is 22.8 Å². The Kier molecular flexibility index (Phi) is 3.03. The zero-order valence-corrected chi connectivity index (χ0v) is 13.5. The zero-order valence-electron chi connectivity index (χ0n) is 11.1. The van der Waals surface area contributed by atoms with Crippen molar-refractivity contribution < 1.29 is 8.42 Å². The standard InChI is InChI=1S/C15H13NO2S3/c17-21(18)8-13-14(9-21)20-15(19)16(13)12-6-5-10-3-1-2-4-11(10)7-12/h1-7,13-14H,8-9H2/t13-,14-/m0/s1. The molecule has 0 amide bonds. The summed E-state index contributed by atoms with van der Waals surface area (Å²) >= 11 is 6.99. The SMILES string of the molecule is O=S1(=O)C[C@@H]2SC(=S)N(c3ccc4ccccc4c3)[C@H]2C1. The smallest absolute Gasteiger partial charge is 0.153 e. The Labute approximate surface area is 133 Å². The number of hydrogen-bond acceptors (Lipinski definition) is 4. The first kappa shape index (κ1) is 13.5. The molecule has 0 aliphatic carbocycles.